The molecule has 1 atom stereocenters. The van der Waals surface area contributed by atoms with Crippen molar-refractivity contribution >= 4 is 207 Å². The molecule has 0 aromatic heterocycles. The van der Waals surface area contributed by atoms with Crippen molar-refractivity contribution in [3.8, 4) is 0 Å². The van der Waals surface area contributed by atoms with E-state index in [4.69, 9.17) is 0 Å². The number of hydrogen-bond acceptors (Lipinski definition) is 0. The zero-order valence-electron chi connectivity index (χ0n) is 8.32. The Morgan fingerprint density at radius 1 is 0.400 bits per heavy atom. The van der Waals surface area contributed by atoms with Gasteiger partial charge in [-0.15, -0.1) is 0 Å². The third-order valence-corrected chi connectivity index (χ3v) is 18.5. The van der Waals surface area contributed by atoms with Crippen molar-refractivity contribution in [2.75, 3.05) is 0 Å². The van der Waals surface area contributed by atoms with Gasteiger partial charge in [-0.25, -0.2) is 5.11 Å². The predicted octanol–water partition coefficient (Wildman–Crippen LogP) is 9.64. The topological polar surface area (TPSA) is 19.9 Å². The summed E-state index contributed by atoms with van der Waals surface area (Å²) in [6.07, 6.45) is 0. The highest BCUT2D eigenvalue weighted by atomic mass is 80.0. The minimum Gasteiger partial charge on any atom is -0.202 e. The Bertz CT molecular complexity index is 289. The molecule has 14 heteroatoms. The van der Waals surface area contributed by atoms with E-state index in [-0.39, 0.29) is 0 Å². The van der Waals surface area contributed by atoms with E-state index in [0.717, 1.165) is 0 Å². The van der Waals surface area contributed by atoms with E-state index in [9.17, 15) is 5.11 Å². The lowest BCUT2D eigenvalue weighted by Crippen LogP contribution is -2.71. The van der Waals surface area contributed by atoms with Gasteiger partial charge in [0.25, 0.3) is 0 Å². The van der Waals surface area contributed by atoms with Crippen LogP contribution in [0, 0.1) is 0 Å². The maximum atomic E-state index is 12.9. The van der Waals surface area contributed by atoms with Crippen molar-refractivity contribution in [3.05, 3.63) is 0 Å². The van der Waals surface area contributed by atoms with Gasteiger partial charge in [0.2, 0.25) is 3.42 Å². The quantitative estimate of drug-likeness (QED) is 0.246. The zero-order valence-corrected chi connectivity index (χ0v) is 28.9. The highest BCUT2D eigenvalue weighted by molar-refractivity contribution is 9.42. The van der Waals surface area contributed by atoms with Gasteiger partial charge in [-0.1, -0.05) is 175 Å². The maximum Gasteiger partial charge on any atom is 0.231 e. The Balaban J connectivity index is 6.71. The summed E-state index contributed by atoms with van der Waals surface area (Å²) in [7, 11) is 0. The van der Waals surface area contributed by atoms with Crippen molar-refractivity contribution < 1.29 is 5.11 Å². The zero-order chi connectivity index (χ0) is 17.0. The third kappa shape index (κ3) is 4.97. The number of hydrogen-bond donors (Lipinski definition) is 0. The Morgan fingerprint density at radius 3 is 0.650 bits per heavy atom. The third-order valence-electron chi connectivity index (χ3n) is 2.05. The van der Waals surface area contributed by atoms with E-state index < -0.39 is 18.5 Å². The lowest BCUT2D eigenvalue weighted by atomic mass is 9.97. The molecular weight excluding hydrogens is 1130 g/mol. The molecule has 0 amide bonds. The van der Waals surface area contributed by atoms with E-state index in [1.807, 2.05) is 0 Å². The number of rotatable bonds is 2. The molecular formula is C6Br13O. The van der Waals surface area contributed by atoms with Crippen LogP contribution in [0.2, 0.25) is 0 Å². The van der Waals surface area contributed by atoms with Crippen molar-refractivity contribution in [2.45, 2.75) is 18.5 Å². The maximum absolute atomic E-state index is 12.9. The fourth-order valence-electron chi connectivity index (χ4n) is 1.11. The molecule has 20 heavy (non-hydrogen) atoms. The summed E-state index contributed by atoms with van der Waals surface area (Å²) in [5.74, 6) is 0. The Morgan fingerprint density at radius 2 is 0.600 bits per heavy atom. The average Bonchev–Trinajstić information content (AvgIpc) is 2.07. The summed E-state index contributed by atoms with van der Waals surface area (Å²) in [4.78, 5) is 0. The molecule has 0 aliphatic heterocycles. The van der Waals surface area contributed by atoms with Gasteiger partial charge in [0.05, 0.1) is 0 Å². The van der Waals surface area contributed by atoms with E-state index >= 15 is 0 Å². The fourth-order valence-corrected chi connectivity index (χ4v) is 15.7. The Hall–Kier alpha value is 6.20. The van der Waals surface area contributed by atoms with Gasteiger partial charge in [0.1, 0.15) is 8.65 Å². The lowest BCUT2D eigenvalue weighted by molar-refractivity contribution is 0.105. The molecule has 0 heterocycles. The summed E-state index contributed by atoms with van der Waals surface area (Å²) in [6.45, 7) is 0. The second kappa shape index (κ2) is 8.29. The van der Waals surface area contributed by atoms with Crippen LogP contribution < -0.4 is 0 Å². The van der Waals surface area contributed by atoms with Gasteiger partial charge in [-0.05, 0) is 31.9 Å². The van der Waals surface area contributed by atoms with Crippen molar-refractivity contribution in [2.24, 2.45) is 0 Å². The smallest absolute Gasteiger partial charge is 0.202 e. The van der Waals surface area contributed by atoms with E-state index in [2.05, 4.69) is 207 Å². The molecule has 0 aromatic rings. The largest absolute Gasteiger partial charge is 0.231 e. The molecule has 0 rings (SSSR count). The SMILES string of the molecule is [O]C(Br)(Br)C(Br)(C(Br)(Br)Br)C(Br)(C(Br)(Br)Br)C(Br)(Br)Br. The molecule has 0 saturated heterocycles. The second-order valence-electron chi connectivity index (χ2n) is 3.33. The van der Waals surface area contributed by atoms with Gasteiger partial charge in [0.15, 0.2) is 6.43 Å². The van der Waals surface area contributed by atoms with Crippen LogP contribution >= 0.6 is 207 Å². The molecule has 0 bridgehead atoms. The van der Waals surface area contributed by atoms with Crippen LogP contribution in [0.15, 0.2) is 0 Å². The Labute approximate surface area is 226 Å². The van der Waals surface area contributed by atoms with Gasteiger partial charge in [-0.2, -0.15) is 0 Å². The molecule has 0 spiro atoms. The van der Waals surface area contributed by atoms with Crippen molar-refractivity contribution in [1.29, 1.82) is 0 Å². The van der Waals surface area contributed by atoms with Crippen molar-refractivity contribution in [3.63, 3.8) is 0 Å². The molecule has 1 radical (unpaired) electrons. The summed E-state index contributed by atoms with van der Waals surface area (Å²) in [5.41, 5.74) is 0. The number of halogens is 13. The average molecular weight is 1130 g/mol. The van der Waals surface area contributed by atoms with Crippen LogP contribution in [-0.4, -0.2) is 18.5 Å². The fraction of sp³-hybridized carbons (Fsp3) is 1.00. The molecule has 0 aliphatic rings. The van der Waals surface area contributed by atoms with Crippen LogP contribution in [0.3, 0.4) is 0 Å². The predicted molar refractivity (Wildman–Crippen MR) is 133 cm³/mol. The van der Waals surface area contributed by atoms with E-state index in [1.54, 1.807) is 0 Å². The molecule has 0 aromatic carbocycles. The standard InChI is InChI=1S/C6Br13O/c7-1(3(9,10)11,4(12,13)14)2(8,5(15,16)17)6(18,19)20. The molecule has 0 N–H and O–H groups in total. The van der Waals surface area contributed by atoms with E-state index in [1.165, 1.54) is 0 Å². The monoisotopic (exact) mass is 1110 g/mol. The first-order valence-electron chi connectivity index (χ1n) is 3.91. The summed E-state index contributed by atoms with van der Waals surface area (Å²) in [5, 5.41) is 12.9. The molecule has 0 fully saturated rings. The molecule has 0 saturated carbocycles. The molecule has 1 nitrogen and oxygen atoms in total. The first-order valence-corrected chi connectivity index (χ1v) is 14.2. The normalized spacial score (nSPS) is 18.9. The van der Waals surface area contributed by atoms with Crippen LogP contribution in [0.4, 0.5) is 0 Å². The van der Waals surface area contributed by atoms with Crippen LogP contribution in [0.25, 0.3) is 0 Å². The van der Waals surface area contributed by atoms with Gasteiger partial charge in [-0.3, -0.25) is 0 Å². The van der Waals surface area contributed by atoms with Crippen LogP contribution in [0.5, 0.6) is 0 Å². The first-order chi connectivity index (χ1) is 8.25. The summed E-state index contributed by atoms with van der Waals surface area (Å²) in [6, 6.07) is 0. The molecule has 0 aliphatic carbocycles. The summed E-state index contributed by atoms with van der Waals surface area (Å²) >= 11 is 44.6. The van der Waals surface area contributed by atoms with Gasteiger partial charge < -0.3 is 0 Å². The minimum atomic E-state index is -1.84. The first kappa shape index (κ1) is 26.2. The van der Waals surface area contributed by atoms with E-state index in [0.29, 0.717) is 0 Å². The Kier molecular flexibility index (Phi) is 10.9. The van der Waals surface area contributed by atoms with Gasteiger partial charge >= 0.3 is 0 Å². The van der Waals surface area contributed by atoms with Gasteiger partial charge in [0, 0.05) is 0 Å². The van der Waals surface area contributed by atoms with Crippen LogP contribution in [0.1, 0.15) is 0 Å². The number of alkyl halides is 13. The summed E-state index contributed by atoms with van der Waals surface area (Å²) < 4.78 is -7.22. The highest BCUT2D eigenvalue weighted by Crippen LogP contribution is 2.76. The van der Waals surface area contributed by atoms with Crippen molar-refractivity contribution in [1.82, 2.24) is 0 Å². The highest BCUT2D eigenvalue weighted by Gasteiger charge is 2.78. The second-order valence-corrected chi connectivity index (χ2v) is 29.3. The molecule has 1 unspecified atom stereocenters. The molecule has 121 valence electrons. The lowest BCUT2D eigenvalue weighted by Gasteiger charge is -2.57. The minimum absolute atomic E-state index is 0.947. The van der Waals surface area contributed by atoms with Crippen LogP contribution in [-0.2, 0) is 5.11 Å².